The molecule has 2 rings (SSSR count). The standard InChI is InChI=1S/C13H19N3O2S/c1-10-3-4-11(19-10)13(18)16-7-5-15(6-8-16)12(17)9-14-2/h3-4,14H,5-9H2,1-2H3. The summed E-state index contributed by atoms with van der Waals surface area (Å²) in [7, 11) is 1.76. The fourth-order valence-corrected chi connectivity index (χ4v) is 2.96. The topological polar surface area (TPSA) is 52.7 Å². The molecule has 1 aliphatic heterocycles. The van der Waals surface area contributed by atoms with Crippen LogP contribution in [-0.4, -0.2) is 61.4 Å². The van der Waals surface area contributed by atoms with Gasteiger partial charge in [0, 0.05) is 31.1 Å². The van der Waals surface area contributed by atoms with E-state index in [0.29, 0.717) is 32.7 Å². The smallest absolute Gasteiger partial charge is 0.264 e. The lowest BCUT2D eigenvalue weighted by Gasteiger charge is -2.34. The summed E-state index contributed by atoms with van der Waals surface area (Å²) in [5.74, 6) is 0.181. The molecule has 0 atom stereocenters. The first-order valence-corrected chi connectivity index (χ1v) is 7.21. The van der Waals surface area contributed by atoms with Gasteiger partial charge in [0.25, 0.3) is 5.91 Å². The van der Waals surface area contributed by atoms with E-state index < -0.39 is 0 Å². The van der Waals surface area contributed by atoms with Crippen molar-refractivity contribution in [1.29, 1.82) is 0 Å². The van der Waals surface area contributed by atoms with Crippen molar-refractivity contribution in [3.63, 3.8) is 0 Å². The predicted octanol–water partition coefficient (Wildman–Crippen LogP) is 0.560. The molecule has 104 valence electrons. The molecule has 1 aromatic rings. The number of nitrogens with zero attached hydrogens (tertiary/aromatic N) is 2. The van der Waals surface area contributed by atoms with Crippen molar-refractivity contribution >= 4 is 23.2 Å². The molecule has 0 unspecified atom stereocenters. The van der Waals surface area contributed by atoms with E-state index in [-0.39, 0.29) is 11.8 Å². The third kappa shape index (κ3) is 3.33. The number of carbonyl (C=O) groups is 2. The summed E-state index contributed by atoms with van der Waals surface area (Å²) >= 11 is 1.52. The molecule has 1 saturated heterocycles. The summed E-state index contributed by atoms with van der Waals surface area (Å²) in [4.78, 5) is 29.5. The van der Waals surface area contributed by atoms with Gasteiger partial charge >= 0.3 is 0 Å². The second-order valence-corrected chi connectivity index (χ2v) is 5.90. The van der Waals surface area contributed by atoms with Crippen molar-refractivity contribution in [2.24, 2.45) is 0 Å². The first-order chi connectivity index (χ1) is 9.11. The highest BCUT2D eigenvalue weighted by Crippen LogP contribution is 2.18. The minimum atomic E-state index is 0.0822. The number of aryl methyl sites for hydroxylation is 1. The lowest BCUT2D eigenvalue weighted by atomic mass is 10.3. The summed E-state index contributed by atoms with van der Waals surface area (Å²) in [6, 6.07) is 3.84. The largest absolute Gasteiger partial charge is 0.338 e. The zero-order valence-corrected chi connectivity index (χ0v) is 12.1. The maximum absolute atomic E-state index is 12.2. The van der Waals surface area contributed by atoms with Crippen LogP contribution in [0.4, 0.5) is 0 Å². The van der Waals surface area contributed by atoms with Crippen molar-refractivity contribution in [3.05, 3.63) is 21.9 Å². The van der Waals surface area contributed by atoms with Crippen molar-refractivity contribution in [2.75, 3.05) is 39.8 Å². The molecule has 0 radical (unpaired) electrons. The van der Waals surface area contributed by atoms with E-state index in [1.54, 1.807) is 11.9 Å². The van der Waals surface area contributed by atoms with Crippen LogP contribution in [0.2, 0.25) is 0 Å². The number of rotatable bonds is 3. The average Bonchev–Trinajstić information content (AvgIpc) is 2.85. The van der Waals surface area contributed by atoms with Crippen LogP contribution >= 0.6 is 11.3 Å². The summed E-state index contributed by atoms with van der Waals surface area (Å²) in [5.41, 5.74) is 0. The quantitative estimate of drug-likeness (QED) is 0.881. The molecule has 2 amide bonds. The molecule has 19 heavy (non-hydrogen) atoms. The first kappa shape index (κ1) is 14.0. The van der Waals surface area contributed by atoms with Gasteiger partial charge in [-0.3, -0.25) is 9.59 Å². The Kier molecular flexibility index (Phi) is 4.55. The van der Waals surface area contributed by atoms with Crippen LogP contribution in [0.5, 0.6) is 0 Å². The Bertz CT molecular complexity index is 464. The molecule has 1 fully saturated rings. The fourth-order valence-electron chi connectivity index (χ4n) is 2.13. The number of likely N-dealkylation sites (N-methyl/N-ethyl adjacent to an activating group) is 1. The number of thiophene rings is 1. The number of amides is 2. The van der Waals surface area contributed by atoms with Crippen LogP contribution in [0.3, 0.4) is 0 Å². The van der Waals surface area contributed by atoms with Gasteiger partial charge in [-0.1, -0.05) is 0 Å². The number of nitrogens with one attached hydrogen (secondary N) is 1. The molecule has 1 aliphatic rings. The van der Waals surface area contributed by atoms with Crippen LogP contribution in [0, 0.1) is 6.92 Å². The van der Waals surface area contributed by atoms with Gasteiger partial charge in [-0.25, -0.2) is 0 Å². The van der Waals surface area contributed by atoms with E-state index in [1.807, 2.05) is 24.0 Å². The molecular weight excluding hydrogens is 262 g/mol. The predicted molar refractivity (Wildman–Crippen MR) is 75.5 cm³/mol. The first-order valence-electron chi connectivity index (χ1n) is 6.40. The van der Waals surface area contributed by atoms with E-state index in [0.717, 1.165) is 9.75 Å². The molecule has 6 heteroatoms. The minimum absolute atomic E-state index is 0.0822. The van der Waals surface area contributed by atoms with Crippen molar-refractivity contribution in [2.45, 2.75) is 6.92 Å². The van der Waals surface area contributed by atoms with E-state index in [2.05, 4.69) is 5.32 Å². The second-order valence-electron chi connectivity index (χ2n) is 4.61. The fraction of sp³-hybridized carbons (Fsp3) is 0.538. The van der Waals surface area contributed by atoms with Crippen molar-refractivity contribution < 1.29 is 9.59 Å². The maximum atomic E-state index is 12.2. The monoisotopic (exact) mass is 281 g/mol. The Hall–Kier alpha value is -1.40. The van der Waals surface area contributed by atoms with Crippen LogP contribution in [0.15, 0.2) is 12.1 Å². The van der Waals surface area contributed by atoms with Gasteiger partial charge in [-0.05, 0) is 26.1 Å². The van der Waals surface area contributed by atoms with Crippen molar-refractivity contribution in [3.8, 4) is 0 Å². The lowest BCUT2D eigenvalue weighted by molar-refractivity contribution is -0.131. The number of hydrogen-bond donors (Lipinski definition) is 1. The van der Waals surface area contributed by atoms with Gasteiger partial charge < -0.3 is 15.1 Å². The molecule has 1 N–H and O–H groups in total. The van der Waals surface area contributed by atoms with E-state index in [4.69, 9.17) is 0 Å². The highest BCUT2D eigenvalue weighted by atomic mass is 32.1. The third-order valence-corrected chi connectivity index (χ3v) is 4.19. The Labute approximate surface area is 117 Å². The number of piperazine rings is 1. The van der Waals surface area contributed by atoms with Gasteiger partial charge in [0.2, 0.25) is 5.91 Å². The van der Waals surface area contributed by atoms with Crippen LogP contribution in [0.1, 0.15) is 14.5 Å². The summed E-state index contributed by atoms with van der Waals surface area (Å²) in [6.07, 6.45) is 0. The zero-order valence-electron chi connectivity index (χ0n) is 11.3. The zero-order chi connectivity index (χ0) is 13.8. The highest BCUT2D eigenvalue weighted by Gasteiger charge is 2.24. The van der Waals surface area contributed by atoms with Crippen LogP contribution in [-0.2, 0) is 4.79 Å². The summed E-state index contributed by atoms with van der Waals surface area (Å²) < 4.78 is 0. The number of hydrogen-bond acceptors (Lipinski definition) is 4. The summed E-state index contributed by atoms with van der Waals surface area (Å²) in [6.45, 7) is 4.83. The van der Waals surface area contributed by atoms with Gasteiger partial charge in [0.1, 0.15) is 0 Å². The van der Waals surface area contributed by atoms with Gasteiger partial charge in [0.15, 0.2) is 0 Å². The third-order valence-electron chi connectivity index (χ3n) is 3.20. The van der Waals surface area contributed by atoms with E-state index in [9.17, 15) is 9.59 Å². The minimum Gasteiger partial charge on any atom is -0.338 e. The molecule has 0 spiro atoms. The normalized spacial score (nSPS) is 15.7. The highest BCUT2D eigenvalue weighted by molar-refractivity contribution is 7.13. The average molecular weight is 281 g/mol. The lowest BCUT2D eigenvalue weighted by Crippen LogP contribution is -2.52. The van der Waals surface area contributed by atoms with Gasteiger partial charge in [-0.2, -0.15) is 0 Å². The maximum Gasteiger partial charge on any atom is 0.264 e. The van der Waals surface area contributed by atoms with Crippen molar-refractivity contribution in [1.82, 2.24) is 15.1 Å². The molecule has 5 nitrogen and oxygen atoms in total. The Morgan fingerprint density at radius 2 is 1.84 bits per heavy atom. The van der Waals surface area contributed by atoms with E-state index >= 15 is 0 Å². The second kappa shape index (κ2) is 6.16. The summed E-state index contributed by atoms with van der Waals surface area (Å²) in [5, 5.41) is 2.86. The van der Waals surface area contributed by atoms with E-state index in [1.165, 1.54) is 11.3 Å². The SMILES string of the molecule is CNCC(=O)N1CCN(C(=O)c2ccc(C)s2)CC1. The van der Waals surface area contributed by atoms with Crippen LogP contribution < -0.4 is 5.32 Å². The molecule has 0 bridgehead atoms. The van der Waals surface area contributed by atoms with Crippen LogP contribution in [0.25, 0.3) is 0 Å². The molecule has 1 aromatic heterocycles. The molecular formula is C13H19N3O2S. The molecule has 2 heterocycles. The number of carbonyl (C=O) groups excluding carboxylic acids is 2. The Balaban J connectivity index is 1.89. The Morgan fingerprint density at radius 1 is 1.21 bits per heavy atom. The molecule has 0 saturated carbocycles. The van der Waals surface area contributed by atoms with Gasteiger partial charge in [0.05, 0.1) is 11.4 Å². The molecule has 0 aliphatic carbocycles. The Morgan fingerprint density at radius 3 is 2.37 bits per heavy atom. The molecule has 0 aromatic carbocycles. The van der Waals surface area contributed by atoms with Gasteiger partial charge in [-0.15, -0.1) is 11.3 Å².